The maximum absolute atomic E-state index is 14.7. The van der Waals surface area contributed by atoms with E-state index in [0.717, 1.165) is 20.6 Å². The van der Waals surface area contributed by atoms with Gasteiger partial charge in [0, 0.05) is 51.4 Å². The summed E-state index contributed by atoms with van der Waals surface area (Å²) in [5, 5.41) is 23.1. The van der Waals surface area contributed by atoms with E-state index < -0.39 is 133 Å². The second-order valence-electron chi connectivity index (χ2n) is 18.0. The van der Waals surface area contributed by atoms with E-state index in [1.54, 1.807) is 26.0 Å². The first-order valence-electron chi connectivity index (χ1n) is 23.1. The first kappa shape index (κ1) is 58.2. The Balaban J connectivity index is 2.07. The van der Waals surface area contributed by atoms with E-state index in [1.807, 2.05) is 13.8 Å². The molecule has 70 heavy (non-hydrogen) atoms. The fourth-order valence-electron chi connectivity index (χ4n) is 7.88. The van der Waals surface area contributed by atoms with Crippen molar-refractivity contribution in [2.75, 3.05) is 38.7 Å². The molecule has 0 saturated carbocycles. The van der Waals surface area contributed by atoms with Crippen LogP contribution < -0.4 is 43.8 Å². The number of aromatic hydroxyl groups is 1. The van der Waals surface area contributed by atoms with Crippen molar-refractivity contribution in [1.29, 1.82) is 0 Å². The van der Waals surface area contributed by atoms with Gasteiger partial charge in [0.15, 0.2) is 0 Å². The Morgan fingerprint density at radius 1 is 0.843 bits per heavy atom. The van der Waals surface area contributed by atoms with E-state index in [0.29, 0.717) is 18.4 Å². The molecule has 1 aromatic rings. The zero-order valence-electron chi connectivity index (χ0n) is 40.5. The molecule has 8 atom stereocenters. The summed E-state index contributed by atoms with van der Waals surface area (Å²) in [4.78, 5) is 152. The van der Waals surface area contributed by atoms with Crippen LogP contribution in [-0.4, -0.2) is 166 Å². The number of nitrogens with zero attached hydrogens (tertiary/aromatic N) is 3. The van der Waals surface area contributed by atoms with Gasteiger partial charge in [0.2, 0.25) is 65.0 Å². The van der Waals surface area contributed by atoms with Gasteiger partial charge in [0.1, 0.15) is 48.0 Å². The number of carbonyl (C=O) groups is 11. The Kier molecular flexibility index (Phi) is 23.2. The largest absolute Gasteiger partial charge is 0.508 e. The summed E-state index contributed by atoms with van der Waals surface area (Å²) in [6, 6.07) is -3.34. The van der Waals surface area contributed by atoms with Crippen molar-refractivity contribution in [2.45, 2.75) is 128 Å². The third kappa shape index (κ3) is 18.0. The molecule has 25 heteroatoms. The lowest BCUT2D eigenvalue weighted by atomic mass is 9.96. The van der Waals surface area contributed by atoms with Gasteiger partial charge in [-0.1, -0.05) is 67.8 Å². The highest BCUT2D eigenvalue weighted by atomic mass is 33.1. The summed E-state index contributed by atoms with van der Waals surface area (Å²) in [5.41, 5.74) is 16.9. The highest BCUT2D eigenvalue weighted by Gasteiger charge is 2.43. The minimum absolute atomic E-state index is 0.0242. The van der Waals surface area contributed by atoms with Crippen molar-refractivity contribution in [3.8, 4) is 5.75 Å². The normalized spacial score (nSPS) is 23.2. The number of primary amides is 3. The van der Waals surface area contributed by atoms with Crippen molar-refractivity contribution in [2.24, 2.45) is 29.0 Å². The van der Waals surface area contributed by atoms with Crippen LogP contribution in [0.2, 0.25) is 0 Å². The number of hydrogen-bond donors (Lipinski definition) is 9. The van der Waals surface area contributed by atoms with Gasteiger partial charge in [-0.2, -0.15) is 0 Å². The summed E-state index contributed by atoms with van der Waals surface area (Å²) < 4.78 is 0. The smallest absolute Gasteiger partial charge is 0.246 e. The molecular weight excluding hydrogens is 951 g/mol. The number of hydrogen-bond acceptors (Lipinski definition) is 14. The first-order valence-corrected chi connectivity index (χ1v) is 25.6. The van der Waals surface area contributed by atoms with Crippen LogP contribution in [0.25, 0.3) is 0 Å². The molecule has 0 aliphatic carbocycles. The highest BCUT2D eigenvalue weighted by Crippen LogP contribution is 2.28. The van der Waals surface area contributed by atoms with Crippen molar-refractivity contribution in [3.63, 3.8) is 0 Å². The quantitative estimate of drug-likeness (QED) is 0.0774. The second-order valence-corrected chi connectivity index (χ2v) is 20.6. The fourth-order valence-corrected chi connectivity index (χ4v) is 10.1. The van der Waals surface area contributed by atoms with Gasteiger partial charge in [0.25, 0.3) is 0 Å². The van der Waals surface area contributed by atoms with Crippen LogP contribution in [0.1, 0.15) is 84.6 Å². The van der Waals surface area contributed by atoms with Crippen LogP contribution >= 0.6 is 21.6 Å². The zero-order valence-corrected chi connectivity index (χ0v) is 42.2. The lowest BCUT2D eigenvalue weighted by Crippen LogP contribution is -2.61. The molecule has 2 saturated heterocycles. The second kappa shape index (κ2) is 27.9. The van der Waals surface area contributed by atoms with E-state index in [9.17, 15) is 57.8 Å². The average molecular weight is 1020 g/mol. The molecule has 0 unspecified atom stereocenters. The van der Waals surface area contributed by atoms with Gasteiger partial charge in [-0.15, -0.1) is 0 Å². The van der Waals surface area contributed by atoms with E-state index in [2.05, 4.69) is 26.6 Å². The number of rotatable bonds is 17. The minimum Gasteiger partial charge on any atom is -0.508 e. The Labute approximate surface area is 415 Å². The molecule has 2 heterocycles. The summed E-state index contributed by atoms with van der Waals surface area (Å²) >= 11 is 0. The topological polar surface area (TPSA) is 356 Å². The van der Waals surface area contributed by atoms with Crippen molar-refractivity contribution < 1.29 is 57.8 Å². The van der Waals surface area contributed by atoms with Crippen molar-refractivity contribution in [3.05, 3.63) is 29.8 Å². The molecule has 2 aliphatic heterocycles. The van der Waals surface area contributed by atoms with Crippen molar-refractivity contribution in [1.82, 2.24) is 41.3 Å². The molecule has 2 fully saturated rings. The van der Waals surface area contributed by atoms with E-state index in [-0.39, 0.29) is 61.8 Å². The van der Waals surface area contributed by atoms with Crippen LogP contribution in [-0.2, 0) is 59.2 Å². The Hall–Kier alpha value is -6.11. The molecule has 2 aliphatic rings. The molecule has 0 aromatic heterocycles. The van der Waals surface area contributed by atoms with Crippen LogP contribution in [0.4, 0.5) is 0 Å². The van der Waals surface area contributed by atoms with Gasteiger partial charge in [-0.05, 0) is 55.2 Å². The Bertz CT molecular complexity index is 2080. The highest BCUT2D eigenvalue weighted by molar-refractivity contribution is 8.76. The number of benzene rings is 1. The lowest BCUT2D eigenvalue weighted by molar-refractivity contribution is -0.148. The minimum atomic E-state index is -1.71. The summed E-state index contributed by atoms with van der Waals surface area (Å²) in [6.07, 6.45) is -0.586. The number of nitrogens with two attached hydrogens (primary N) is 3. The van der Waals surface area contributed by atoms with E-state index in [4.69, 9.17) is 17.2 Å². The third-order valence-corrected chi connectivity index (χ3v) is 14.3. The Morgan fingerprint density at radius 2 is 1.49 bits per heavy atom. The van der Waals surface area contributed by atoms with E-state index >= 15 is 0 Å². The maximum atomic E-state index is 14.7. The molecular formula is C45H69N11O12S2. The number of likely N-dealkylation sites (N-methyl/N-ethyl adjacent to an activating group) is 2. The maximum Gasteiger partial charge on any atom is 0.246 e. The first-order chi connectivity index (χ1) is 32.9. The number of amides is 11. The molecule has 0 spiro atoms. The van der Waals surface area contributed by atoms with Gasteiger partial charge in [-0.3, -0.25) is 52.7 Å². The van der Waals surface area contributed by atoms with Crippen LogP contribution in [0.15, 0.2) is 24.3 Å². The van der Waals surface area contributed by atoms with Gasteiger partial charge >= 0.3 is 0 Å². The molecule has 23 nitrogen and oxygen atoms in total. The van der Waals surface area contributed by atoms with Gasteiger partial charge in [0.05, 0.1) is 13.0 Å². The predicted molar refractivity (Wildman–Crippen MR) is 260 cm³/mol. The number of nitrogens with one attached hydrogen (secondary N) is 5. The number of likely N-dealkylation sites (tertiary alicyclic amines) is 1. The standard InChI is InChI=1S/C45H69N11O12S2/c1-7-25(4)38-42(65)50-28(14-15-34(46)58)39(62)51-31(21-35(47)59)44(67)55(6)33(23-70-69-18-16-37(61)49-29(40(63)53-38)20-26-10-12-27(57)13-11-26)45(68)56-17-8-9-32(56)41(64)52-30(19-24(2)3)43(66)54(5)22-36(48)60/h10-13,24-25,28-33,38,57H,7-9,14-23H2,1-6H3,(H2,46,58)(H2,47,59)(H2,48,60)(H,49,61)(H,50,65)(H,51,62)(H,52,64)(H,53,63)/t25-,28-,29-,30-,31-,32-,33-,38-/m0/s1. The molecule has 388 valence electrons. The fraction of sp³-hybridized carbons (Fsp3) is 0.622. The van der Waals surface area contributed by atoms with E-state index in [1.165, 1.54) is 41.9 Å². The number of carbonyl (C=O) groups excluding carboxylic acids is 11. The molecule has 1 aromatic carbocycles. The van der Waals surface area contributed by atoms with Gasteiger partial charge < -0.3 is 63.6 Å². The number of phenolic OH excluding ortho intramolecular Hbond substituents is 1. The molecule has 0 radical (unpaired) electrons. The van der Waals surface area contributed by atoms with Crippen molar-refractivity contribution >= 4 is 86.6 Å². The van der Waals surface area contributed by atoms with Crippen LogP contribution in [0.5, 0.6) is 5.75 Å². The summed E-state index contributed by atoms with van der Waals surface area (Å²) in [5.74, 6) is -9.25. The van der Waals surface area contributed by atoms with Gasteiger partial charge in [-0.25, -0.2) is 0 Å². The summed E-state index contributed by atoms with van der Waals surface area (Å²) in [6.45, 7) is 6.80. The molecule has 3 rings (SSSR count). The lowest BCUT2D eigenvalue weighted by Gasteiger charge is -2.35. The zero-order chi connectivity index (χ0) is 52.4. The summed E-state index contributed by atoms with van der Waals surface area (Å²) in [7, 11) is 4.93. The average Bonchev–Trinajstić information content (AvgIpc) is 3.79. The molecule has 11 amide bonds. The monoisotopic (exact) mass is 1020 g/mol. The molecule has 12 N–H and O–H groups in total. The van der Waals surface area contributed by atoms with Crippen LogP contribution in [0.3, 0.4) is 0 Å². The third-order valence-electron chi connectivity index (χ3n) is 11.9. The number of phenols is 1. The van der Waals surface area contributed by atoms with Crippen LogP contribution in [0, 0.1) is 11.8 Å². The predicted octanol–water partition coefficient (Wildman–Crippen LogP) is -1.86. The SMILES string of the molecule is CC[C@H](C)[C@@H]1NC(=O)[C@H](Cc2ccc(O)cc2)NC(=O)CCSSC[C@@H](C(=O)N2CCC[C@H]2C(=O)N[C@@H](CC(C)C)C(=O)N(C)CC(N)=O)N(C)C(=O)[C@H](CC(N)=O)NC(=O)[C@H](CCC(N)=O)NC1=O. The molecule has 0 bridgehead atoms. The Morgan fingerprint density at radius 3 is 2.09 bits per heavy atom.